The molecule has 124 valence electrons. The van der Waals surface area contributed by atoms with Crippen LogP contribution in [0, 0.1) is 19.8 Å². The highest BCUT2D eigenvalue weighted by atomic mass is 16.5. The van der Waals surface area contributed by atoms with E-state index in [4.69, 9.17) is 4.74 Å². The van der Waals surface area contributed by atoms with E-state index in [0.29, 0.717) is 36.6 Å². The molecule has 1 saturated heterocycles. The molecule has 0 aromatic carbocycles. The SMILES string of the molecule is Cc1nn(CC2CNCCOC2)c(=O)c(-c2noc(=O)[nH]2)c1C. The van der Waals surface area contributed by atoms with E-state index in [1.54, 1.807) is 6.92 Å². The molecule has 0 radical (unpaired) electrons. The summed E-state index contributed by atoms with van der Waals surface area (Å²) >= 11 is 0. The first kappa shape index (κ1) is 15.6. The van der Waals surface area contributed by atoms with Crippen LogP contribution >= 0.6 is 0 Å². The van der Waals surface area contributed by atoms with Crippen molar-refractivity contribution in [1.82, 2.24) is 25.2 Å². The van der Waals surface area contributed by atoms with E-state index in [0.717, 1.165) is 13.1 Å². The summed E-state index contributed by atoms with van der Waals surface area (Å²) in [5, 5.41) is 11.3. The Bertz CT molecular complexity index is 798. The summed E-state index contributed by atoms with van der Waals surface area (Å²) < 4.78 is 11.4. The second-order valence-corrected chi connectivity index (χ2v) is 5.66. The van der Waals surface area contributed by atoms with Gasteiger partial charge in [0.1, 0.15) is 0 Å². The lowest BCUT2D eigenvalue weighted by molar-refractivity contribution is 0.115. The highest BCUT2D eigenvalue weighted by Gasteiger charge is 2.20. The minimum absolute atomic E-state index is 0.131. The average molecular weight is 321 g/mol. The van der Waals surface area contributed by atoms with Gasteiger partial charge < -0.3 is 10.1 Å². The van der Waals surface area contributed by atoms with Crippen molar-refractivity contribution in [2.75, 3.05) is 26.3 Å². The normalized spacial score (nSPS) is 18.8. The molecular formula is C14H19N5O4. The van der Waals surface area contributed by atoms with Crippen molar-refractivity contribution in [2.24, 2.45) is 5.92 Å². The third-order valence-corrected chi connectivity index (χ3v) is 3.95. The number of ether oxygens (including phenoxy) is 1. The van der Waals surface area contributed by atoms with Gasteiger partial charge in [0, 0.05) is 19.0 Å². The van der Waals surface area contributed by atoms with E-state index in [2.05, 4.69) is 25.1 Å². The van der Waals surface area contributed by atoms with Gasteiger partial charge in [-0.15, -0.1) is 0 Å². The largest absolute Gasteiger partial charge is 0.439 e. The van der Waals surface area contributed by atoms with Gasteiger partial charge in [0.05, 0.1) is 31.0 Å². The van der Waals surface area contributed by atoms with Gasteiger partial charge in [0.15, 0.2) is 5.82 Å². The summed E-state index contributed by atoms with van der Waals surface area (Å²) in [5.41, 5.74) is 1.38. The summed E-state index contributed by atoms with van der Waals surface area (Å²) in [6.45, 7) is 6.82. The number of hydrogen-bond acceptors (Lipinski definition) is 7. The molecule has 0 aliphatic carbocycles. The molecule has 0 saturated carbocycles. The zero-order chi connectivity index (χ0) is 16.4. The van der Waals surface area contributed by atoms with Crippen LogP contribution < -0.4 is 16.6 Å². The molecule has 0 bridgehead atoms. The van der Waals surface area contributed by atoms with E-state index < -0.39 is 5.76 Å². The monoisotopic (exact) mass is 321 g/mol. The van der Waals surface area contributed by atoms with Crippen LogP contribution in [0.3, 0.4) is 0 Å². The molecule has 2 aromatic heterocycles. The smallest absolute Gasteiger partial charge is 0.380 e. The van der Waals surface area contributed by atoms with E-state index >= 15 is 0 Å². The van der Waals surface area contributed by atoms with Crippen LogP contribution in [0.15, 0.2) is 14.1 Å². The molecule has 3 heterocycles. The van der Waals surface area contributed by atoms with Crippen molar-refractivity contribution in [2.45, 2.75) is 20.4 Å². The lowest BCUT2D eigenvalue weighted by Gasteiger charge is -2.16. The quantitative estimate of drug-likeness (QED) is 0.778. The van der Waals surface area contributed by atoms with Crippen molar-refractivity contribution < 1.29 is 9.26 Å². The third kappa shape index (κ3) is 3.25. The summed E-state index contributed by atoms with van der Waals surface area (Å²) in [7, 11) is 0. The zero-order valence-corrected chi connectivity index (χ0v) is 13.1. The van der Waals surface area contributed by atoms with E-state index in [1.165, 1.54) is 4.68 Å². The molecule has 23 heavy (non-hydrogen) atoms. The fourth-order valence-corrected chi connectivity index (χ4v) is 2.63. The summed E-state index contributed by atoms with van der Waals surface area (Å²) in [4.78, 5) is 26.4. The van der Waals surface area contributed by atoms with E-state index in [1.807, 2.05) is 6.92 Å². The van der Waals surface area contributed by atoms with Crippen molar-refractivity contribution in [3.63, 3.8) is 0 Å². The Morgan fingerprint density at radius 1 is 1.35 bits per heavy atom. The maximum Gasteiger partial charge on any atom is 0.439 e. The Morgan fingerprint density at radius 3 is 2.91 bits per heavy atom. The molecule has 1 fully saturated rings. The highest BCUT2D eigenvalue weighted by Crippen LogP contribution is 2.16. The molecular weight excluding hydrogens is 302 g/mol. The number of aromatic amines is 1. The number of rotatable bonds is 3. The predicted molar refractivity (Wildman–Crippen MR) is 81.3 cm³/mol. The van der Waals surface area contributed by atoms with Crippen LogP contribution in [0.2, 0.25) is 0 Å². The maximum absolute atomic E-state index is 12.7. The Hall–Kier alpha value is -2.26. The molecule has 1 atom stereocenters. The van der Waals surface area contributed by atoms with Gasteiger partial charge in [-0.3, -0.25) is 14.3 Å². The van der Waals surface area contributed by atoms with E-state index in [-0.39, 0.29) is 17.3 Å². The highest BCUT2D eigenvalue weighted by molar-refractivity contribution is 5.58. The van der Waals surface area contributed by atoms with Crippen LogP contribution in [0.25, 0.3) is 11.4 Å². The summed E-state index contributed by atoms with van der Waals surface area (Å²) in [6, 6.07) is 0. The lowest BCUT2D eigenvalue weighted by Crippen LogP contribution is -2.34. The Balaban J connectivity index is 1.99. The molecule has 2 aromatic rings. The van der Waals surface area contributed by atoms with E-state index in [9.17, 15) is 9.59 Å². The second kappa shape index (κ2) is 6.47. The first-order valence-electron chi connectivity index (χ1n) is 7.49. The molecule has 1 aliphatic rings. The van der Waals surface area contributed by atoms with Gasteiger partial charge in [-0.1, -0.05) is 5.16 Å². The van der Waals surface area contributed by atoms with Crippen LogP contribution in [0.1, 0.15) is 11.3 Å². The molecule has 0 amide bonds. The number of H-pyrrole nitrogens is 1. The molecule has 2 N–H and O–H groups in total. The van der Waals surface area contributed by atoms with Crippen LogP contribution in [-0.4, -0.2) is 46.2 Å². The van der Waals surface area contributed by atoms with Crippen molar-refractivity contribution >= 4 is 0 Å². The first-order valence-corrected chi connectivity index (χ1v) is 7.49. The number of nitrogens with zero attached hydrogens (tertiary/aromatic N) is 3. The van der Waals surface area contributed by atoms with Gasteiger partial charge in [0.25, 0.3) is 5.56 Å². The molecule has 9 nitrogen and oxygen atoms in total. The number of hydrogen-bond donors (Lipinski definition) is 2. The van der Waals surface area contributed by atoms with Crippen LogP contribution in [0.4, 0.5) is 0 Å². The molecule has 0 spiro atoms. The standard InChI is InChI=1S/C14H19N5O4/c1-8-9(2)17-19(6-10-5-15-3-4-22-7-10)13(20)11(8)12-16-14(21)23-18-12/h10,15H,3-7H2,1-2H3,(H,16,18,21). The second-order valence-electron chi connectivity index (χ2n) is 5.66. The van der Waals surface area contributed by atoms with Gasteiger partial charge >= 0.3 is 5.76 Å². The van der Waals surface area contributed by atoms with Gasteiger partial charge in [0.2, 0.25) is 0 Å². The van der Waals surface area contributed by atoms with Gasteiger partial charge in [-0.2, -0.15) is 5.10 Å². The fourth-order valence-electron chi connectivity index (χ4n) is 2.63. The summed E-state index contributed by atoms with van der Waals surface area (Å²) in [6.07, 6.45) is 0. The number of aromatic nitrogens is 4. The first-order chi connectivity index (χ1) is 11.1. The topological polar surface area (TPSA) is 115 Å². The van der Waals surface area contributed by atoms with Crippen molar-refractivity contribution in [3.8, 4) is 11.4 Å². The number of aryl methyl sites for hydroxylation is 1. The number of nitrogens with one attached hydrogen (secondary N) is 2. The zero-order valence-electron chi connectivity index (χ0n) is 13.1. The Kier molecular flexibility index (Phi) is 4.39. The van der Waals surface area contributed by atoms with Crippen molar-refractivity contribution in [3.05, 3.63) is 32.2 Å². The predicted octanol–water partition coefficient (Wildman–Crippen LogP) is -0.561. The van der Waals surface area contributed by atoms with Crippen LogP contribution in [0.5, 0.6) is 0 Å². The average Bonchev–Trinajstić information content (AvgIpc) is 2.78. The third-order valence-electron chi connectivity index (χ3n) is 3.95. The van der Waals surface area contributed by atoms with Crippen molar-refractivity contribution in [1.29, 1.82) is 0 Å². The minimum atomic E-state index is -0.693. The molecule has 3 rings (SSSR count). The molecule has 9 heteroatoms. The summed E-state index contributed by atoms with van der Waals surface area (Å²) in [5.74, 6) is -0.415. The van der Waals surface area contributed by atoms with Gasteiger partial charge in [-0.05, 0) is 19.4 Å². The maximum atomic E-state index is 12.7. The molecule has 1 aliphatic heterocycles. The lowest BCUT2D eigenvalue weighted by atomic mass is 10.1. The minimum Gasteiger partial charge on any atom is -0.380 e. The fraction of sp³-hybridized carbons (Fsp3) is 0.571. The Morgan fingerprint density at radius 2 is 2.17 bits per heavy atom. The molecule has 1 unspecified atom stereocenters. The Labute approximate surface area is 131 Å². The van der Waals surface area contributed by atoms with Crippen LogP contribution in [-0.2, 0) is 11.3 Å². The van der Waals surface area contributed by atoms with Gasteiger partial charge in [-0.25, -0.2) is 9.48 Å².